The molecule has 3 heteroatoms. The first-order valence-electron chi connectivity index (χ1n) is 3.77. The highest BCUT2D eigenvalue weighted by molar-refractivity contribution is 5.09. The minimum Gasteiger partial charge on any atom is -0.388 e. The van der Waals surface area contributed by atoms with E-state index in [1.54, 1.807) is 12.4 Å². The predicted octanol–water partition coefficient (Wildman–Crippen LogP) is 1.48. The number of aromatic nitrogens is 2. The van der Waals surface area contributed by atoms with Crippen LogP contribution in [-0.4, -0.2) is 15.1 Å². The normalized spacial score (nSPS) is 12.5. The van der Waals surface area contributed by atoms with E-state index in [2.05, 4.69) is 16.5 Å². The summed E-state index contributed by atoms with van der Waals surface area (Å²) in [6.07, 6.45) is 4.70. The van der Waals surface area contributed by atoms with E-state index in [4.69, 9.17) is 0 Å². The topological polar surface area (TPSA) is 46.0 Å². The molecule has 1 rings (SSSR count). The van der Waals surface area contributed by atoms with Crippen LogP contribution in [0.2, 0.25) is 0 Å². The SMILES string of the molecule is C=C(C)CC(O)c1cncnc1. The summed E-state index contributed by atoms with van der Waals surface area (Å²) in [6, 6.07) is 0. The van der Waals surface area contributed by atoms with Crippen molar-refractivity contribution in [2.24, 2.45) is 0 Å². The number of rotatable bonds is 3. The Kier molecular flexibility index (Phi) is 2.94. The number of aliphatic hydroxyl groups excluding tert-OH is 1. The van der Waals surface area contributed by atoms with E-state index >= 15 is 0 Å². The lowest BCUT2D eigenvalue weighted by atomic mass is 10.1. The zero-order valence-corrected chi connectivity index (χ0v) is 7.07. The van der Waals surface area contributed by atoms with Crippen LogP contribution in [0.5, 0.6) is 0 Å². The number of nitrogens with zero attached hydrogens (tertiary/aromatic N) is 2. The van der Waals surface area contributed by atoms with Crippen molar-refractivity contribution < 1.29 is 5.11 Å². The quantitative estimate of drug-likeness (QED) is 0.688. The van der Waals surface area contributed by atoms with Gasteiger partial charge in [0.05, 0.1) is 6.10 Å². The number of hydrogen-bond acceptors (Lipinski definition) is 3. The van der Waals surface area contributed by atoms with Crippen LogP contribution in [0.4, 0.5) is 0 Å². The molecule has 1 aromatic rings. The summed E-state index contributed by atoms with van der Waals surface area (Å²) in [5.41, 5.74) is 1.69. The van der Waals surface area contributed by atoms with E-state index < -0.39 is 6.10 Å². The second-order valence-electron chi connectivity index (χ2n) is 2.85. The molecule has 1 aromatic heterocycles. The van der Waals surface area contributed by atoms with Crippen LogP contribution in [0.1, 0.15) is 25.0 Å². The Balaban J connectivity index is 2.65. The Hall–Kier alpha value is -1.22. The Morgan fingerprint density at radius 1 is 1.58 bits per heavy atom. The van der Waals surface area contributed by atoms with Crippen molar-refractivity contribution >= 4 is 0 Å². The van der Waals surface area contributed by atoms with Gasteiger partial charge in [-0.3, -0.25) is 0 Å². The second kappa shape index (κ2) is 3.97. The molecule has 1 unspecified atom stereocenters. The average molecular weight is 164 g/mol. The summed E-state index contributed by atoms with van der Waals surface area (Å²) >= 11 is 0. The van der Waals surface area contributed by atoms with Gasteiger partial charge < -0.3 is 5.11 Å². The summed E-state index contributed by atoms with van der Waals surface area (Å²) in [5.74, 6) is 0. The van der Waals surface area contributed by atoms with Crippen LogP contribution >= 0.6 is 0 Å². The maximum Gasteiger partial charge on any atom is 0.115 e. The van der Waals surface area contributed by atoms with Crippen molar-refractivity contribution in [1.29, 1.82) is 0 Å². The summed E-state index contributed by atoms with van der Waals surface area (Å²) in [6.45, 7) is 5.60. The third-order valence-electron chi connectivity index (χ3n) is 1.51. The standard InChI is InChI=1S/C9H12N2O/c1-7(2)3-9(12)8-4-10-6-11-5-8/h4-6,9,12H,1,3H2,2H3. The molecule has 0 aliphatic heterocycles. The molecule has 0 aromatic carbocycles. The van der Waals surface area contributed by atoms with E-state index in [1.807, 2.05) is 6.92 Å². The van der Waals surface area contributed by atoms with Gasteiger partial charge in [0.1, 0.15) is 6.33 Å². The molecular formula is C9H12N2O. The molecule has 64 valence electrons. The lowest BCUT2D eigenvalue weighted by Gasteiger charge is -2.08. The van der Waals surface area contributed by atoms with Crippen molar-refractivity contribution in [3.05, 3.63) is 36.4 Å². The highest BCUT2D eigenvalue weighted by Gasteiger charge is 2.06. The summed E-state index contributed by atoms with van der Waals surface area (Å²) in [4.78, 5) is 7.62. The molecule has 0 bridgehead atoms. The predicted molar refractivity (Wildman–Crippen MR) is 46.4 cm³/mol. The van der Waals surface area contributed by atoms with Gasteiger partial charge in [0.2, 0.25) is 0 Å². The molecule has 0 aliphatic carbocycles. The summed E-state index contributed by atoms with van der Waals surface area (Å²) < 4.78 is 0. The molecule has 1 heterocycles. The first-order chi connectivity index (χ1) is 5.70. The van der Waals surface area contributed by atoms with Crippen molar-refractivity contribution in [2.75, 3.05) is 0 Å². The summed E-state index contributed by atoms with van der Waals surface area (Å²) in [7, 11) is 0. The molecule has 0 saturated heterocycles. The number of aliphatic hydroxyl groups is 1. The van der Waals surface area contributed by atoms with Crippen LogP contribution in [0.25, 0.3) is 0 Å². The summed E-state index contributed by atoms with van der Waals surface area (Å²) in [5, 5.41) is 9.55. The third kappa shape index (κ3) is 2.43. The van der Waals surface area contributed by atoms with Crippen LogP contribution in [0, 0.1) is 0 Å². The molecule has 1 atom stereocenters. The van der Waals surface area contributed by atoms with Crippen LogP contribution in [0.3, 0.4) is 0 Å². The molecule has 0 spiro atoms. The largest absolute Gasteiger partial charge is 0.388 e. The molecular weight excluding hydrogens is 152 g/mol. The van der Waals surface area contributed by atoms with Crippen LogP contribution in [-0.2, 0) is 0 Å². The molecule has 0 saturated carbocycles. The smallest absolute Gasteiger partial charge is 0.115 e. The molecule has 0 fully saturated rings. The lowest BCUT2D eigenvalue weighted by molar-refractivity contribution is 0.177. The molecule has 12 heavy (non-hydrogen) atoms. The van der Waals surface area contributed by atoms with Crippen molar-refractivity contribution in [2.45, 2.75) is 19.4 Å². The molecule has 3 nitrogen and oxygen atoms in total. The fourth-order valence-electron chi connectivity index (χ4n) is 0.931. The average Bonchev–Trinajstić information content (AvgIpc) is 2.05. The van der Waals surface area contributed by atoms with Gasteiger partial charge in [-0.25, -0.2) is 9.97 Å². The van der Waals surface area contributed by atoms with Gasteiger partial charge >= 0.3 is 0 Å². The Labute approximate surface area is 71.8 Å². The van der Waals surface area contributed by atoms with Gasteiger partial charge in [-0.15, -0.1) is 6.58 Å². The minimum absolute atomic E-state index is 0.524. The van der Waals surface area contributed by atoms with Gasteiger partial charge in [-0.2, -0.15) is 0 Å². The fraction of sp³-hybridized carbons (Fsp3) is 0.333. The van der Waals surface area contributed by atoms with Gasteiger partial charge in [0.15, 0.2) is 0 Å². The van der Waals surface area contributed by atoms with Gasteiger partial charge in [-0.05, 0) is 13.3 Å². The van der Waals surface area contributed by atoms with Gasteiger partial charge in [-0.1, -0.05) is 5.57 Å². The van der Waals surface area contributed by atoms with Crippen molar-refractivity contribution in [1.82, 2.24) is 9.97 Å². The zero-order chi connectivity index (χ0) is 8.97. The Morgan fingerprint density at radius 2 is 2.17 bits per heavy atom. The van der Waals surface area contributed by atoms with Crippen molar-refractivity contribution in [3.63, 3.8) is 0 Å². The first kappa shape index (κ1) is 8.87. The molecule has 1 N–H and O–H groups in total. The maximum atomic E-state index is 9.55. The van der Waals surface area contributed by atoms with Crippen molar-refractivity contribution in [3.8, 4) is 0 Å². The van der Waals surface area contributed by atoms with E-state index in [0.29, 0.717) is 6.42 Å². The van der Waals surface area contributed by atoms with E-state index in [0.717, 1.165) is 11.1 Å². The van der Waals surface area contributed by atoms with Crippen LogP contribution in [0.15, 0.2) is 30.9 Å². The van der Waals surface area contributed by atoms with Gasteiger partial charge in [0.25, 0.3) is 0 Å². The molecule has 0 radical (unpaired) electrons. The minimum atomic E-state index is -0.524. The highest BCUT2D eigenvalue weighted by Crippen LogP contribution is 2.17. The second-order valence-corrected chi connectivity index (χ2v) is 2.85. The van der Waals surface area contributed by atoms with Gasteiger partial charge in [0, 0.05) is 18.0 Å². The Morgan fingerprint density at radius 3 is 2.67 bits per heavy atom. The van der Waals surface area contributed by atoms with E-state index in [9.17, 15) is 5.11 Å². The molecule has 0 aliphatic rings. The zero-order valence-electron chi connectivity index (χ0n) is 7.07. The lowest BCUT2D eigenvalue weighted by Crippen LogP contribution is -1.98. The van der Waals surface area contributed by atoms with E-state index in [1.165, 1.54) is 6.33 Å². The first-order valence-corrected chi connectivity index (χ1v) is 3.77. The molecule has 0 amide bonds. The fourth-order valence-corrected chi connectivity index (χ4v) is 0.931. The monoisotopic (exact) mass is 164 g/mol. The number of hydrogen-bond donors (Lipinski definition) is 1. The third-order valence-corrected chi connectivity index (χ3v) is 1.51. The highest BCUT2D eigenvalue weighted by atomic mass is 16.3. The maximum absolute atomic E-state index is 9.55. The van der Waals surface area contributed by atoms with Crippen LogP contribution < -0.4 is 0 Å². The Bertz CT molecular complexity index is 258. The van der Waals surface area contributed by atoms with E-state index in [-0.39, 0.29) is 0 Å².